The quantitative estimate of drug-likeness (QED) is 0.802. The van der Waals surface area contributed by atoms with Crippen LogP contribution in [0.25, 0.3) is 0 Å². The summed E-state index contributed by atoms with van der Waals surface area (Å²) in [6, 6.07) is 11.1. The molecule has 3 rings (SSSR count). The molecule has 20 heavy (non-hydrogen) atoms. The largest absolute Gasteiger partial charge is 0.488 e. The maximum Gasteiger partial charge on any atom is 0.231 e. The number of benzene rings is 2. The van der Waals surface area contributed by atoms with Crippen molar-refractivity contribution in [2.45, 2.75) is 6.61 Å². The minimum atomic E-state index is 0.168. The van der Waals surface area contributed by atoms with E-state index in [1.54, 1.807) is 12.1 Å². The molecule has 2 aromatic rings. The Bertz CT molecular complexity index is 654. The zero-order valence-electron chi connectivity index (χ0n) is 10.5. The average molecular weight is 335 g/mol. The van der Waals surface area contributed by atoms with Crippen molar-refractivity contribution in [3.05, 3.63) is 52.0 Å². The first kappa shape index (κ1) is 13.0. The Morgan fingerprint density at radius 2 is 1.95 bits per heavy atom. The summed E-state index contributed by atoms with van der Waals surface area (Å²) in [6.07, 6.45) is 0.747. The van der Waals surface area contributed by atoms with Gasteiger partial charge in [-0.2, -0.15) is 0 Å². The third-order valence-corrected chi connectivity index (χ3v) is 3.75. The van der Waals surface area contributed by atoms with E-state index >= 15 is 0 Å². The van der Waals surface area contributed by atoms with Crippen molar-refractivity contribution in [1.82, 2.24) is 0 Å². The lowest BCUT2D eigenvalue weighted by Crippen LogP contribution is -1.99. The second kappa shape index (κ2) is 5.54. The third kappa shape index (κ3) is 2.49. The third-order valence-electron chi connectivity index (χ3n) is 2.97. The van der Waals surface area contributed by atoms with Crippen molar-refractivity contribution in [2.24, 2.45) is 0 Å². The molecule has 1 heterocycles. The molecule has 0 aliphatic carbocycles. The summed E-state index contributed by atoms with van der Waals surface area (Å²) in [6.45, 7) is 0.531. The number of aldehydes is 1. The highest BCUT2D eigenvalue weighted by Gasteiger charge is 2.18. The number of rotatable bonds is 4. The van der Waals surface area contributed by atoms with Crippen LogP contribution in [0.3, 0.4) is 0 Å². The Morgan fingerprint density at radius 3 is 2.70 bits per heavy atom. The smallest absolute Gasteiger partial charge is 0.231 e. The van der Waals surface area contributed by atoms with Crippen LogP contribution in [0, 0.1) is 0 Å². The van der Waals surface area contributed by atoms with Crippen molar-refractivity contribution >= 4 is 22.2 Å². The van der Waals surface area contributed by atoms with Gasteiger partial charge >= 0.3 is 0 Å². The molecular weight excluding hydrogens is 324 g/mol. The molecule has 0 aromatic heterocycles. The molecular formula is C15H11BrO4. The number of hydrogen-bond donors (Lipinski definition) is 0. The van der Waals surface area contributed by atoms with Gasteiger partial charge in [0, 0.05) is 16.1 Å². The van der Waals surface area contributed by atoms with Crippen molar-refractivity contribution < 1.29 is 19.0 Å². The van der Waals surface area contributed by atoms with Crippen LogP contribution in [0.1, 0.15) is 15.9 Å². The monoisotopic (exact) mass is 334 g/mol. The van der Waals surface area contributed by atoms with Gasteiger partial charge in [-0.05, 0) is 12.1 Å². The Morgan fingerprint density at radius 1 is 1.20 bits per heavy atom. The summed E-state index contributed by atoms with van der Waals surface area (Å²) >= 11 is 3.46. The number of ether oxygens (including phenoxy) is 3. The summed E-state index contributed by atoms with van der Waals surface area (Å²) in [5.74, 6) is 1.65. The van der Waals surface area contributed by atoms with E-state index in [-0.39, 0.29) is 6.79 Å². The van der Waals surface area contributed by atoms with Crippen molar-refractivity contribution in [2.75, 3.05) is 6.79 Å². The molecule has 5 heteroatoms. The Labute approximate surface area is 124 Å². The van der Waals surface area contributed by atoms with E-state index in [2.05, 4.69) is 15.9 Å². The Kier molecular flexibility index (Phi) is 3.60. The molecule has 0 saturated heterocycles. The molecule has 1 aliphatic rings. The topological polar surface area (TPSA) is 44.8 Å². The summed E-state index contributed by atoms with van der Waals surface area (Å²) in [4.78, 5) is 11.1. The van der Waals surface area contributed by atoms with Gasteiger partial charge in [0.05, 0.1) is 5.56 Å². The fourth-order valence-corrected chi connectivity index (χ4v) is 2.33. The number of hydrogen-bond acceptors (Lipinski definition) is 4. The van der Waals surface area contributed by atoms with Gasteiger partial charge in [0.1, 0.15) is 12.4 Å². The molecule has 0 amide bonds. The van der Waals surface area contributed by atoms with Crippen LogP contribution in [-0.2, 0) is 6.61 Å². The molecule has 0 bridgehead atoms. The molecule has 0 spiro atoms. The van der Waals surface area contributed by atoms with Crippen LogP contribution < -0.4 is 14.2 Å². The number of carbonyl (C=O) groups excluding carboxylic acids is 1. The normalized spacial score (nSPS) is 12.2. The lowest BCUT2D eigenvalue weighted by Gasteiger charge is -2.10. The average Bonchev–Trinajstić information content (AvgIpc) is 2.92. The van der Waals surface area contributed by atoms with Gasteiger partial charge in [-0.15, -0.1) is 0 Å². The minimum absolute atomic E-state index is 0.168. The zero-order valence-corrected chi connectivity index (χ0v) is 12.1. The van der Waals surface area contributed by atoms with Gasteiger partial charge in [-0.3, -0.25) is 4.79 Å². The molecule has 0 fully saturated rings. The summed E-state index contributed by atoms with van der Waals surface area (Å²) in [5, 5.41) is 0. The molecule has 2 aromatic carbocycles. The molecule has 0 unspecified atom stereocenters. The zero-order chi connectivity index (χ0) is 13.9. The SMILES string of the molecule is O=Cc1cc2c(cc1OCc1ccccc1Br)OCO2. The Hall–Kier alpha value is -2.01. The second-order valence-electron chi connectivity index (χ2n) is 4.24. The molecule has 102 valence electrons. The highest BCUT2D eigenvalue weighted by Crippen LogP contribution is 2.37. The van der Waals surface area contributed by atoms with E-state index in [9.17, 15) is 4.79 Å². The molecule has 0 N–H and O–H groups in total. The minimum Gasteiger partial charge on any atom is -0.488 e. The summed E-state index contributed by atoms with van der Waals surface area (Å²) < 4.78 is 17.2. The van der Waals surface area contributed by atoms with Gasteiger partial charge in [0.25, 0.3) is 0 Å². The first-order chi connectivity index (χ1) is 9.78. The molecule has 0 atom stereocenters. The van der Waals surface area contributed by atoms with E-state index in [0.29, 0.717) is 29.4 Å². The van der Waals surface area contributed by atoms with Crippen molar-refractivity contribution in [3.63, 3.8) is 0 Å². The highest BCUT2D eigenvalue weighted by molar-refractivity contribution is 9.10. The van der Waals surface area contributed by atoms with Crippen LogP contribution in [-0.4, -0.2) is 13.1 Å². The van der Waals surface area contributed by atoms with E-state index in [4.69, 9.17) is 14.2 Å². The summed E-state index contributed by atoms with van der Waals surface area (Å²) in [5.41, 5.74) is 1.45. The van der Waals surface area contributed by atoms with E-state index in [0.717, 1.165) is 16.3 Å². The van der Waals surface area contributed by atoms with Crippen LogP contribution in [0.4, 0.5) is 0 Å². The van der Waals surface area contributed by atoms with Gasteiger partial charge in [-0.1, -0.05) is 34.1 Å². The highest BCUT2D eigenvalue weighted by atomic mass is 79.9. The van der Waals surface area contributed by atoms with Gasteiger partial charge in [0.15, 0.2) is 17.8 Å². The van der Waals surface area contributed by atoms with Crippen molar-refractivity contribution in [1.29, 1.82) is 0 Å². The van der Waals surface area contributed by atoms with Crippen LogP contribution >= 0.6 is 15.9 Å². The number of fused-ring (bicyclic) bond motifs is 1. The maximum atomic E-state index is 11.1. The maximum absolute atomic E-state index is 11.1. The molecule has 4 nitrogen and oxygen atoms in total. The number of carbonyl (C=O) groups is 1. The number of halogens is 1. The summed E-state index contributed by atoms with van der Waals surface area (Å²) in [7, 11) is 0. The standard InChI is InChI=1S/C15H11BrO4/c16-12-4-2-1-3-10(12)8-18-13-6-15-14(19-9-20-15)5-11(13)7-17/h1-7H,8-9H2. The fraction of sp³-hybridized carbons (Fsp3) is 0.133. The first-order valence-electron chi connectivity index (χ1n) is 6.03. The molecule has 1 aliphatic heterocycles. The van der Waals surface area contributed by atoms with Gasteiger partial charge in [0.2, 0.25) is 6.79 Å². The van der Waals surface area contributed by atoms with Gasteiger partial charge in [-0.25, -0.2) is 0 Å². The van der Waals surface area contributed by atoms with E-state index in [1.165, 1.54) is 0 Å². The second-order valence-corrected chi connectivity index (χ2v) is 5.10. The fourth-order valence-electron chi connectivity index (χ4n) is 1.93. The lowest BCUT2D eigenvalue weighted by atomic mass is 10.2. The molecule has 0 radical (unpaired) electrons. The lowest BCUT2D eigenvalue weighted by molar-refractivity contribution is 0.111. The van der Waals surface area contributed by atoms with Crippen molar-refractivity contribution in [3.8, 4) is 17.2 Å². The Balaban J connectivity index is 1.84. The van der Waals surface area contributed by atoms with Crippen LogP contribution in [0.5, 0.6) is 17.2 Å². The predicted molar refractivity (Wildman–Crippen MR) is 76.4 cm³/mol. The van der Waals surface area contributed by atoms with E-state index in [1.807, 2.05) is 24.3 Å². The molecule has 0 saturated carbocycles. The first-order valence-corrected chi connectivity index (χ1v) is 6.82. The van der Waals surface area contributed by atoms with Gasteiger partial charge < -0.3 is 14.2 Å². The van der Waals surface area contributed by atoms with E-state index < -0.39 is 0 Å². The van der Waals surface area contributed by atoms with Crippen LogP contribution in [0.15, 0.2) is 40.9 Å². The van der Waals surface area contributed by atoms with Crippen LogP contribution in [0.2, 0.25) is 0 Å². The predicted octanol–water partition coefficient (Wildman–Crippen LogP) is 3.57.